The van der Waals surface area contributed by atoms with Gasteiger partial charge in [-0.05, 0) is 36.4 Å². The van der Waals surface area contributed by atoms with Gasteiger partial charge in [0.1, 0.15) is 11.6 Å². The lowest BCUT2D eigenvalue weighted by Gasteiger charge is -2.01. The number of aromatic nitrogens is 2. The summed E-state index contributed by atoms with van der Waals surface area (Å²) in [5.74, 6) is 0.576. The number of phenols is 1. The molecule has 0 bridgehead atoms. The van der Waals surface area contributed by atoms with E-state index >= 15 is 0 Å². The normalized spacial score (nSPS) is 11.9. The van der Waals surface area contributed by atoms with E-state index in [0.717, 1.165) is 10.7 Å². The van der Waals surface area contributed by atoms with Gasteiger partial charge in [0, 0.05) is 10.7 Å². The molecule has 21 heavy (non-hydrogen) atoms. The molecular weight excluding hydrogens is 356 g/mol. The van der Waals surface area contributed by atoms with Crippen molar-refractivity contribution in [2.75, 3.05) is 6.26 Å². The Hall–Kier alpha value is -1.86. The highest BCUT2D eigenvalue weighted by molar-refractivity contribution is 9.10. The maximum Gasteiger partial charge on any atom is 0.175 e. The Morgan fingerprint density at radius 1 is 1.19 bits per heavy atom. The molecule has 5 nitrogen and oxygen atoms in total. The molecule has 1 heterocycles. The molecule has 0 spiro atoms. The maximum absolute atomic E-state index is 11.6. The first-order chi connectivity index (χ1) is 9.84. The topological polar surface area (TPSA) is 83.1 Å². The number of halogens is 1. The lowest BCUT2D eigenvalue weighted by atomic mass is 10.2. The molecule has 0 saturated carbocycles. The van der Waals surface area contributed by atoms with Crippen LogP contribution in [-0.4, -0.2) is 29.7 Å². The third-order valence-corrected chi connectivity index (χ3v) is 4.70. The highest BCUT2D eigenvalue weighted by Crippen LogP contribution is 2.31. The summed E-state index contributed by atoms with van der Waals surface area (Å²) in [5, 5.41) is 9.97. The van der Waals surface area contributed by atoms with E-state index < -0.39 is 9.84 Å². The van der Waals surface area contributed by atoms with Gasteiger partial charge in [-0.3, -0.25) is 0 Å². The number of aromatic hydroxyl groups is 1. The molecule has 0 saturated heterocycles. The van der Waals surface area contributed by atoms with Crippen LogP contribution < -0.4 is 0 Å². The number of fused-ring (bicyclic) bond motifs is 1. The number of nitrogens with zero attached hydrogens (tertiary/aromatic N) is 1. The van der Waals surface area contributed by atoms with E-state index in [4.69, 9.17) is 0 Å². The second kappa shape index (κ2) is 4.85. The van der Waals surface area contributed by atoms with Gasteiger partial charge in [-0.25, -0.2) is 13.4 Å². The number of phenolic OH excluding ortho intramolecular Hbond substituents is 1. The fourth-order valence-corrected chi connectivity index (χ4v) is 3.05. The van der Waals surface area contributed by atoms with E-state index in [1.807, 2.05) is 0 Å². The first kappa shape index (κ1) is 14.1. The molecule has 0 unspecified atom stereocenters. The van der Waals surface area contributed by atoms with Gasteiger partial charge >= 0.3 is 0 Å². The van der Waals surface area contributed by atoms with Crippen molar-refractivity contribution >= 4 is 36.8 Å². The zero-order valence-corrected chi connectivity index (χ0v) is 13.4. The zero-order valence-electron chi connectivity index (χ0n) is 11.0. The second-order valence-corrected chi connectivity index (χ2v) is 7.63. The number of H-pyrrole nitrogens is 1. The molecule has 0 aliphatic rings. The summed E-state index contributed by atoms with van der Waals surface area (Å²) in [4.78, 5) is 7.63. The Kier molecular flexibility index (Phi) is 3.26. The molecule has 0 atom stereocenters. The number of aromatic amines is 1. The molecule has 2 aromatic carbocycles. The smallest absolute Gasteiger partial charge is 0.175 e. The fraction of sp³-hybridized carbons (Fsp3) is 0.0714. The largest absolute Gasteiger partial charge is 0.507 e. The number of rotatable bonds is 2. The molecule has 0 fully saturated rings. The van der Waals surface area contributed by atoms with Gasteiger partial charge in [0.05, 0.1) is 21.5 Å². The van der Waals surface area contributed by atoms with E-state index in [-0.39, 0.29) is 10.6 Å². The first-order valence-electron chi connectivity index (χ1n) is 6.03. The molecule has 7 heteroatoms. The lowest BCUT2D eigenvalue weighted by Crippen LogP contribution is -1.96. The zero-order chi connectivity index (χ0) is 15.2. The van der Waals surface area contributed by atoms with E-state index in [1.165, 1.54) is 12.1 Å². The van der Waals surface area contributed by atoms with Gasteiger partial charge in [-0.1, -0.05) is 15.9 Å². The SMILES string of the molecule is CS(=O)(=O)c1ccc2nc(-c3ccc(Br)cc3O)[nH]c2c1. The van der Waals surface area contributed by atoms with Crippen LogP contribution in [0.15, 0.2) is 45.8 Å². The van der Waals surface area contributed by atoms with Crippen LogP contribution in [0.1, 0.15) is 0 Å². The Morgan fingerprint density at radius 3 is 2.62 bits per heavy atom. The molecule has 2 N–H and O–H groups in total. The molecular formula is C14H11BrN2O3S. The van der Waals surface area contributed by atoms with Crippen molar-refractivity contribution in [1.82, 2.24) is 9.97 Å². The molecule has 3 rings (SSSR count). The monoisotopic (exact) mass is 366 g/mol. The number of sulfone groups is 1. The third kappa shape index (κ3) is 2.66. The maximum atomic E-state index is 11.6. The van der Waals surface area contributed by atoms with Gasteiger partial charge in [0.15, 0.2) is 9.84 Å². The minimum Gasteiger partial charge on any atom is -0.507 e. The molecule has 0 aliphatic heterocycles. The predicted octanol–water partition coefficient (Wildman–Crippen LogP) is 3.10. The Bertz CT molecular complexity index is 948. The van der Waals surface area contributed by atoms with Crippen LogP contribution in [0, 0.1) is 0 Å². The quantitative estimate of drug-likeness (QED) is 0.729. The van der Waals surface area contributed by atoms with Crippen molar-refractivity contribution in [1.29, 1.82) is 0 Å². The first-order valence-corrected chi connectivity index (χ1v) is 8.72. The number of nitrogens with one attached hydrogen (secondary N) is 1. The van der Waals surface area contributed by atoms with Crippen molar-refractivity contribution in [3.8, 4) is 17.1 Å². The predicted molar refractivity (Wildman–Crippen MR) is 84.0 cm³/mol. The lowest BCUT2D eigenvalue weighted by molar-refractivity contribution is 0.476. The summed E-state index contributed by atoms with van der Waals surface area (Å²) < 4.78 is 23.9. The van der Waals surface area contributed by atoms with Crippen LogP contribution >= 0.6 is 15.9 Å². The summed E-state index contributed by atoms with van der Waals surface area (Å²) in [6.07, 6.45) is 1.16. The number of hydrogen-bond donors (Lipinski definition) is 2. The Labute approximate surface area is 129 Å². The Morgan fingerprint density at radius 2 is 1.95 bits per heavy atom. The van der Waals surface area contributed by atoms with Crippen LogP contribution in [0.4, 0.5) is 0 Å². The second-order valence-electron chi connectivity index (χ2n) is 4.70. The van der Waals surface area contributed by atoms with Crippen molar-refractivity contribution in [2.24, 2.45) is 0 Å². The molecule has 108 valence electrons. The van der Waals surface area contributed by atoms with Crippen LogP contribution in [0.3, 0.4) is 0 Å². The number of benzene rings is 2. The van der Waals surface area contributed by atoms with Crippen molar-refractivity contribution in [2.45, 2.75) is 4.90 Å². The molecule has 0 radical (unpaired) electrons. The molecule has 0 amide bonds. The molecule has 1 aromatic heterocycles. The minimum atomic E-state index is -3.27. The minimum absolute atomic E-state index is 0.0896. The van der Waals surface area contributed by atoms with Crippen molar-refractivity contribution < 1.29 is 13.5 Å². The summed E-state index contributed by atoms with van der Waals surface area (Å²) in [5.41, 5.74) is 1.80. The van der Waals surface area contributed by atoms with Gasteiger partial charge in [0.25, 0.3) is 0 Å². The van der Waals surface area contributed by atoms with E-state index in [0.29, 0.717) is 22.4 Å². The van der Waals surface area contributed by atoms with Crippen LogP contribution in [0.5, 0.6) is 5.75 Å². The van der Waals surface area contributed by atoms with Gasteiger partial charge < -0.3 is 10.1 Å². The number of hydrogen-bond acceptors (Lipinski definition) is 4. The van der Waals surface area contributed by atoms with E-state index in [9.17, 15) is 13.5 Å². The van der Waals surface area contributed by atoms with Crippen LogP contribution in [0.2, 0.25) is 0 Å². The van der Waals surface area contributed by atoms with Crippen LogP contribution in [-0.2, 0) is 9.84 Å². The van der Waals surface area contributed by atoms with Crippen molar-refractivity contribution in [3.05, 3.63) is 40.9 Å². The van der Waals surface area contributed by atoms with Gasteiger partial charge in [-0.15, -0.1) is 0 Å². The van der Waals surface area contributed by atoms with Gasteiger partial charge in [-0.2, -0.15) is 0 Å². The summed E-state index contributed by atoms with van der Waals surface area (Å²) in [6.45, 7) is 0. The van der Waals surface area contributed by atoms with Crippen molar-refractivity contribution in [3.63, 3.8) is 0 Å². The van der Waals surface area contributed by atoms with Gasteiger partial charge in [0.2, 0.25) is 0 Å². The Balaban J connectivity index is 2.17. The number of imidazole rings is 1. The summed E-state index contributed by atoms with van der Waals surface area (Å²) >= 11 is 3.28. The third-order valence-electron chi connectivity index (χ3n) is 3.10. The molecule has 3 aromatic rings. The molecule has 0 aliphatic carbocycles. The fourth-order valence-electron chi connectivity index (χ4n) is 2.05. The highest BCUT2D eigenvalue weighted by Gasteiger charge is 2.13. The van der Waals surface area contributed by atoms with Crippen LogP contribution in [0.25, 0.3) is 22.4 Å². The summed E-state index contributed by atoms with van der Waals surface area (Å²) in [6, 6.07) is 9.80. The van der Waals surface area contributed by atoms with E-state index in [1.54, 1.807) is 24.3 Å². The average Bonchev–Trinajstić information content (AvgIpc) is 2.79. The average molecular weight is 367 g/mol. The van der Waals surface area contributed by atoms with E-state index in [2.05, 4.69) is 25.9 Å². The summed E-state index contributed by atoms with van der Waals surface area (Å²) in [7, 11) is -3.27. The standard InChI is InChI=1S/C14H11BrN2O3S/c1-21(19,20)9-3-5-11-12(7-9)17-14(16-11)10-4-2-8(15)6-13(10)18/h2-7,18H,1H3,(H,16,17). The highest BCUT2D eigenvalue weighted by atomic mass is 79.9.